The molecule has 120 valence electrons. The van der Waals surface area contributed by atoms with Gasteiger partial charge in [0.25, 0.3) is 5.91 Å². The van der Waals surface area contributed by atoms with E-state index in [9.17, 15) is 14.3 Å². The van der Waals surface area contributed by atoms with Crippen LogP contribution in [0.15, 0.2) is 48.8 Å². The molecule has 1 aromatic heterocycles. The first-order valence-electron chi connectivity index (χ1n) is 7.60. The van der Waals surface area contributed by atoms with Gasteiger partial charge in [-0.25, -0.2) is 4.39 Å². The topological polar surface area (TPSA) is 75.1 Å². The number of hydrogen-bond donors (Lipinski definition) is 2. The fourth-order valence-electron chi connectivity index (χ4n) is 3.11. The lowest BCUT2D eigenvalue weighted by Gasteiger charge is -2.17. The number of aliphatic hydroxyl groups excluding tert-OH is 1. The first-order chi connectivity index (χ1) is 11.6. The van der Waals surface area contributed by atoms with Gasteiger partial charge in [-0.3, -0.25) is 14.8 Å². The summed E-state index contributed by atoms with van der Waals surface area (Å²) in [6.07, 6.45) is 2.67. The summed E-state index contributed by atoms with van der Waals surface area (Å²) in [5.74, 6) is -1.23. The molecule has 0 radical (unpaired) electrons. The van der Waals surface area contributed by atoms with Gasteiger partial charge in [0.1, 0.15) is 5.82 Å². The van der Waals surface area contributed by atoms with Gasteiger partial charge in [0.15, 0.2) is 0 Å². The number of aliphatic hydroxyl groups is 1. The van der Waals surface area contributed by atoms with E-state index in [1.54, 1.807) is 0 Å². The highest BCUT2D eigenvalue weighted by molar-refractivity contribution is 5.97. The Bertz CT molecular complexity index is 944. The van der Waals surface area contributed by atoms with E-state index in [4.69, 9.17) is 0 Å². The minimum Gasteiger partial charge on any atom is -0.386 e. The highest BCUT2D eigenvalue weighted by Crippen LogP contribution is 2.31. The van der Waals surface area contributed by atoms with Gasteiger partial charge in [0, 0.05) is 18.5 Å². The van der Waals surface area contributed by atoms with Gasteiger partial charge in [0.05, 0.1) is 28.7 Å². The first kappa shape index (κ1) is 14.7. The molecule has 0 saturated heterocycles. The van der Waals surface area contributed by atoms with Crippen molar-refractivity contribution in [2.75, 3.05) is 0 Å². The normalized spacial score (nSPS) is 19.2. The van der Waals surface area contributed by atoms with Crippen LogP contribution in [0.25, 0.3) is 11.0 Å². The molecule has 3 aromatic rings. The van der Waals surface area contributed by atoms with Crippen LogP contribution in [0.5, 0.6) is 0 Å². The average Bonchev–Trinajstić information content (AvgIpc) is 2.90. The number of nitrogens with one attached hydrogen (secondary N) is 1. The van der Waals surface area contributed by atoms with Gasteiger partial charge in [-0.15, -0.1) is 0 Å². The zero-order chi connectivity index (χ0) is 16.7. The summed E-state index contributed by atoms with van der Waals surface area (Å²) in [6, 6.07) is 9.56. The SMILES string of the molecule is O=C(N[C@@H]1Cc2ccccc2[C@H]1O)c1cc2nccnc2cc1F. The van der Waals surface area contributed by atoms with Crippen LogP contribution in [0.1, 0.15) is 27.6 Å². The summed E-state index contributed by atoms with van der Waals surface area (Å²) in [5.41, 5.74) is 2.51. The number of aromatic nitrogens is 2. The van der Waals surface area contributed by atoms with Crippen molar-refractivity contribution < 1.29 is 14.3 Å². The Kier molecular flexibility index (Phi) is 3.46. The zero-order valence-corrected chi connectivity index (χ0v) is 12.6. The maximum atomic E-state index is 14.2. The fourth-order valence-corrected chi connectivity index (χ4v) is 3.11. The van der Waals surface area contributed by atoms with Crippen LogP contribution < -0.4 is 5.32 Å². The predicted octanol–water partition coefficient (Wildman–Crippen LogP) is 2.16. The fraction of sp³-hybridized carbons (Fsp3) is 0.167. The second kappa shape index (κ2) is 5.65. The van der Waals surface area contributed by atoms with Crippen molar-refractivity contribution in [1.82, 2.24) is 15.3 Å². The standard InChI is InChI=1S/C18H14FN3O2/c19-13-9-15-14(20-5-6-21-15)8-12(13)18(24)22-16-7-10-3-1-2-4-11(10)17(16)23/h1-6,8-9,16-17,23H,7H2,(H,22,24)/t16-,17-/m1/s1. The summed E-state index contributed by atoms with van der Waals surface area (Å²) in [5, 5.41) is 13.1. The predicted molar refractivity (Wildman–Crippen MR) is 85.9 cm³/mol. The lowest BCUT2D eigenvalue weighted by Crippen LogP contribution is -2.38. The van der Waals surface area contributed by atoms with E-state index < -0.39 is 23.9 Å². The molecule has 0 saturated carbocycles. The van der Waals surface area contributed by atoms with E-state index in [0.29, 0.717) is 17.5 Å². The summed E-state index contributed by atoms with van der Waals surface area (Å²) in [7, 11) is 0. The Hall–Kier alpha value is -2.86. The number of amides is 1. The van der Waals surface area contributed by atoms with Gasteiger partial charge >= 0.3 is 0 Å². The lowest BCUT2D eigenvalue weighted by molar-refractivity contribution is 0.0855. The van der Waals surface area contributed by atoms with E-state index in [1.165, 1.54) is 24.5 Å². The van der Waals surface area contributed by atoms with Gasteiger partial charge in [-0.1, -0.05) is 24.3 Å². The molecular formula is C18H14FN3O2. The minimum atomic E-state index is -0.798. The Labute approximate surface area is 137 Å². The van der Waals surface area contributed by atoms with Crippen LogP contribution in [0, 0.1) is 5.82 Å². The number of halogens is 1. The van der Waals surface area contributed by atoms with Crippen molar-refractivity contribution in [3.63, 3.8) is 0 Å². The third-order valence-corrected chi connectivity index (χ3v) is 4.31. The quantitative estimate of drug-likeness (QED) is 0.758. The number of nitrogens with zero attached hydrogens (tertiary/aromatic N) is 2. The molecule has 0 unspecified atom stereocenters. The molecule has 6 heteroatoms. The van der Waals surface area contributed by atoms with Gasteiger partial charge < -0.3 is 10.4 Å². The van der Waals surface area contributed by atoms with Crippen molar-refractivity contribution in [3.05, 3.63) is 71.3 Å². The number of carbonyl (C=O) groups excluding carboxylic acids is 1. The monoisotopic (exact) mass is 323 g/mol. The molecule has 2 atom stereocenters. The van der Waals surface area contributed by atoms with E-state index in [1.807, 2.05) is 24.3 Å². The molecule has 0 spiro atoms. The zero-order valence-electron chi connectivity index (χ0n) is 12.6. The highest BCUT2D eigenvalue weighted by atomic mass is 19.1. The van der Waals surface area contributed by atoms with Gasteiger partial charge in [-0.2, -0.15) is 0 Å². The number of hydrogen-bond acceptors (Lipinski definition) is 4. The molecule has 1 amide bonds. The van der Waals surface area contributed by atoms with Crippen LogP contribution in [0.3, 0.4) is 0 Å². The molecule has 24 heavy (non-hydrogen) atoms. The van der Waals surface area contributed by atoms with Crippen molar-refractivity contribution >= 4 is 16.9 Å². The molecule has 0 fully saturated rings. The van der Waals surface area contributed by atoms with E-state index >= 15 is 0 Å². The summed E-state index contributed by atoms with van der Waals surface area (Å²) < 4.78 is 14.2. The summed E-state index contributed by atoms with van der Waals surface area (Å²) in [6.45, 7) is 0. The van der Waals surface area contributed by atoms with Crippen molar-refractivity contribution in [1.29, 1.82) is 0 Å². The minimum absolute atomic E-state index is 0.105. The lowest BCUT2D eigenvalue weighted by atomic mass is 10.1. The third-order valence-electron chi connectivity index (χ3n) is 4.31. The smallest absolute Gasteiger partial charge is 0.254 e. The van der Waals surface area contributed by atoms with Gasteiger partial charge in [0.2, 0.25) is 0 Å². The molecule has 4 rings (SSSR count). The van der Waals surface area contributed by atoms with Crippen LogP contribution in [-0.2, 0) is 6.42 Å². The third kappa shape index (κ3) is 2.41. The molecule has 2 N–H and O–H groups in total. The van der Waals surface area contributed by atoms with E-state index in [-0.39, 0.29) is 5.56 Å². The number of benzene rings is 2. The van der Waals surface area contributed by atoms with E-state index in [0.717, 1.165) is 11.1 Å². The summed E-state index contributed by atoms with van der Waals surface area (Å²) >= 11 is 0. The summed E-state index contributed by atoms with van der Waals surface area (Å²) in [4.78, 5) is 20.5. The number of carbonyl (C=O) groups is 1. The van der Waals surface area contributed by atoms with E-state index in [2.05, 4.69) is 15.3 Å². The largest absolute Gasteiger partial charge is 0.386 e. The Morgan fingerprint density at radius 1 is 1.17 bits per heavy atom. The number of rotatable bonds is 2. The Morgan fingerprint density at radius 3 is 2.62 bits per heavy atom. The van der Waals surface area contributed by atoms with Gasteiger partial charge in [-0.05, 0) is 23.6 Å². The molecule has 1 heterocycles. The van der Waals surface area contributed by atoms with Crippen LogP contribution in [0.2, 0.25) is 0 Å². The molecule has 0 bridgehead atoms. The van der Waals surface area contributed by atoms with Crippen LogP contribution in [0.4, 0.5) is 4.39 Å². The number of fused-ring (bicyclic) bond motifs is 2. The molecule has 5 nitrogen and oxygen atoms in total. The molecule has 0 aliphatic heterocycles. The Balaban J connectivity index is 1.60. The first-order valence-corrected chi connectivity index (χ1v) is 7.60. The maximum absolute atomic E-state index is 14.2. The molecule has 1 aliphatic rings. The van der Waals surface area contributed by atoms with Crippen LogP contribution in [-0.4, -0.2) is 27.0 Å². The van der Waals surface area contributed by atoms with Crippen molar-refractivity contribution in [3.8, 4) is 0 Å². The van der Waals surface area contributed by atoms with Crippen molar-refractivity contribution in [2.24, 2.45) is 0 Å². The molecular weight excluding hydrogens is 309 g/mol. The van der Waals surface area contributed by atoms with Crippen LogP contribution >= 0.6 is 0 Å². The highest BCUT2D eigenvalue weighted by Gasteiger charge is 2.32. The molecule has 2 aromatic carbocycles. The van der Waals surface area contributed by atoms with Crippen molar-refractivity contribution in [2.45, 2.75) is 18.6 Å². The second-order valence-electron chi connectivity index (χ2n) is 5.80. The maximum Gasteiger partial charge on any atom is 0.254 e. The average molecular weight is 323 g/mol. The second-order valence-corrected chi connectivity index (χ2v) is 5.80. The Morgan fingerprint density at radius 2 is 1.88 bits per heavy atom. The molecule has 1 aliphatic carbocycles.